The molecule has 84 valence electrons. The van der Waals surface area contributed by atoms with E-state index in [1.54, 1.807) is 0 Å². The van der Waals surface area contributed by atoms with Crippen LogP contribution in [0.4, 0.5) is 0 Å². The third kappa shape index (κ3) is 2.45. The van der Waals surface area contributed by atoms with E-state index in [9.17, 15) is 0 Å². The average Bonchev–Trinajstić information content (AvgIpc) is 2.61. The Morgan fingerprint density at radius 2 is 2.25 bits per heavy atom. The number of nitrogens with zero attached hydrogens (tertiary/aromatic N) is 1. The summed E-state index contributed by atoms with van der Waals surface area (Å²) >= 11 is 9.35. The van der Waals surface area contributed by atoms with E-state index in [1.807, 2.05) is 24.3 Å². The molecule has 0 spiro atoms. The zero-order valence-electron chi connectivity index (χ0n) is 8.37. The highest BCUT2D eigenvalue weighted by Gasteiger charge is 2.09. The molecule has 0 fully saturated rings. The standard InChI is InChI=1S/C11H10BrClN2O/c12-8-3-1-2-7(6-8)11-14-9(4-5-16)10(13)15-11/h1-3,6,16H,4-5H2,(H,14,15). The van der Waals surface area contributed by atoms with E-state index in [2.05, 4.69) is 25.9 Å². The number of nitrogens with one attached hydrogen (secondary N) is 1. The van der Waals surface area contributed by atoms with Crippen molar-refractivity contribution >= 4 is 27.5 Å². The van der Waals surface area contributed by atoms with Crippen LogP contribution in [0.25, 0.3) is 11.4 Å². The van der Waals surface area contributed by atoms with Gasteiger partial charge in [0.05, 0.1) is 5.69 Å². The lowest BCUT2D eigenvalue weighted by Crippen LogP contribution is -1.91. The number of hydrogen-bond acceptors (Lipinski definition) is 2. The fraction of sp³-hybridized carbons (Fsp3) is 0.182. The van der Waals surface area contributed by atoms with Crippen LogP contribution >= 0.6 is 27.5 Å². The van der Waals surface area contributed by atoms with Crippen molar-refractivity contribution in [1.29, 1.82) is 0 Å². The molecule has 16 heavy (non-hydrogen) atoms. The Balaban J connectivity index is 2.37. The predicted molar refractivity (Wildman–Crippen MR) is 67.5 cm³/mol. The van der Waals surface area contributed by atoms with E-state index in [1.165, 1.54) is 0 Å². The molecule has 2 rings (SSSR count). The lowest BCUT2D eigenvalue weighted by atomic mass is 10.2. The third-order valence-corrected chi connectivity index (χ3v) is 2.99. The molecule has 0 radical (unpaired) electrons. The molecule has 2 aromatic rings. The highest BCUT2D eigenvalue weighted by molar-refractivity contribution is 9.10. The lowest BCUT2D eigenvalue weighted by Gasteiger charge is -1.97. The summed E-state index contributed by atoms with van der Waals surface area (Å²) in [7, 11) is 0. The quantitative estimate of drug-likeness (QED) is 0.915. The van der Waals surface area contributed by atoms with E-state index in [-0.39, 0.29) is 6.61 Å². The highest BCUT2D eigenvalue weighted by Crippen LogP contribution is 2.24. The van der Waals surface area contributed by atoms with Crippen LogP contribution in [-0.4, -0.2) is 21.7 Å². The molecule has 1 heterocycles. The van der Waals surface area contributed by atoms with E-state index in [0.717, 1.165) is 21.6 Å². The summed E-state index contributed by atoms with van der Waals surface area (Å²) in [6.45, 7) is 0.0554. The summed E-state index contributed by atoms with van der Waals surface area (Å²) < 4.78 is 0.987. The monoisotopic (exact) mass is 300 g/mol. The topological polar surface area (TPSA) is 48.9 Å². The van der Waals surface area contributed by atoms with E-state index in [0.29, 0.717) is 11.6 Å². The molecule has 1 aromatic carbocycles. The zero-order valence-corrected chi connectivity index (χ0v) is 10.7. The highest BCUT2D eigenvalue weighted by atomic mass is 79.9. The van der Waals surface area contributed by atoms with E-state index < -0.39 is 0 Å². The minimum atomic E-state index is 0.0554. The molecule has 0 unspecified atom stereocenters. The number of aliphatic hydroxyl groups excluding tert-OH is 1. The van der Waals surface area contributed by atoms with Gasteiger partial charge in [0.15, 0.2) is 5.15 Å². The molecule has 3 nitrogen and oxygen atoms in total. The van der Waals surface area contributed by atoms with Gasteiger partial charge in [-0.05, 0) is 12.1 Å². The van der Waals surface area contributed by atoms with Gasteiger partial charge in [-0.2, -0.15) is 0 Å². The van der Waals surface area contributed by atoms with Crippen LogP contribution in [0.2, 0.25) is 5.15 Å². The number of benzene rings is 1. The number of H-pyrrole nitrogens is 1. The van der Waals surface area contributed by atoms with Gasteiger partial charge in [0.25, 0.3) is 0 Å². The summed E-state index contributed by atoms with van der Waals surface area (Å²) in [4.78, 5) is 7.32. The molecule has 0 aliphatic carbocycles. The third-order valence-electron chi connectivity index (χ3n) is 2.19. The number of aromatic nitrogens is 2. The minimum Gasteiger partial charge on any atom is -0.396 e. The summed E-state index contributed by atoms with van der Waals surface area (Å²) in [5, 5.41) is 9.27. The Kier molecular flexibility index (Phi) is 3.63. The van der Waals surface area contributed by atoms with Crippen molar-refractivity contribution in [3.05, 3.63) is 39.6 Å². The van der Waals surface area contributed by atoms with Crippen LogP contribution < -0.4 is 0 Å². The number of aliphatic hydroxyl groups is 1. The normalized spacial score (nSPS) is 10.7. The van der Waals surface area contributed by atoms with Gasteiger partial charge in [-0.15, -0.1) is 0 Å². The summed E-state index contributed by atoms with van der Waals surface area (Å²) in [6.07, 6.45) is 0.486. The predicted octanol–water partition coefficient (Wildman–Crippen LogP) is 3.03. The van der Waals surface area contributed by atoms with E-state index >= 15 is 0 Å². The fourth-order valence-corrected chi connectivity index (χ4v) is 2.06. The van der Waals surface area contributed by atoms with Crippen molar-refractivity contribution in [2.75, 3.05) is 6.61 Å². The molecule has 5 heteroatoms. The second-order valence-electron chi connectivity index (χ2n) is 3.34. The number of hydrogen-bond donors (Lipinski definition) is 2. The van der Waals surface area contributed by atoms with Crippen LogP contribution in [-0.2, 0) is 6.42 Å². The molecule has 1 aromatic heterocycles. The van der Waals surface area contributed by atoms with Crippen LogP contribution in [0.5, 0.6) is 0 Å². The van der Waals surface area contributed by atoms with Crippen LogP contribution in [0.1, 0.15) is 5.69 Å². The van der Waals surface area contributed by atoms with Gasteiger partial charge in [0, 0.05) is 23.1 Å². The largest absolute Gasteiger partial charge is 0.396 e. The average molecular weight is 302 g/mol. The fourth-order valence-electron chi connectivity index (χ4n) is 1.44. The number of rotatable bonds is 3. The first-order chi connectivity index (χ1) is 7.70. The van der Waals surface area contributed by atoms with Crippen molar-refractivity contribution < 1.29 is 5.11 Å². The van der Waals surface area contributed by atoms with Crippen molar-refractivity contribution in [2.24, 2.45) is 0 Å². The van der Waals surface area contributed by atoms with Crippen molar-refractivity contribution in [3.63, 3.8) is 0 Å². The smallest absolute Gasteiger partial charge is 0.150 e. The van der Waals surface area contributed by atoms with Gasteiger partial charge in [-0.3, -0.25) is 0 Å². The molecule has 0 atom stereocenters. The van der Waals surface area contributed by atoms with E-state index in [4.69, 9.17) is 16.7 Å². The summed E-state index contributed by atoms with van der Waals surface area (Å²) in [5.74, 6) is 0.717. The molecule has 0 aliphatic rings. The van der Waals surface area contributed by atoms with Gasteiger partial charge in [-0.25, -0.2) is 4.98 Å². The molecule has 0 bridgehead atoms. The Hall–Kier alpha value is -0.840. The van der Waals surface area contributed by atoms with Crippen molar-refractivity contribution in [1.82, 2.24) is 9.97 Å². The molecule has 0 amide bonds. The maximum absolute atomic E-state index is 8.85. The van der Waals surface area contributed by atoms with Crippen LogP contribution in [0.15, 0.2) is 28.7 Å². The summed E-state index contributed by atoms with van der Waals surface area (Å²) in [6, 6.07) is 7.78. The Labute approximate surface area is 107 Å². The first kappa shape index (κ1) is 11.6. The maximum atomic E-state index is 8.85. The molecule has 0 saturated heterocycles. The minimum absolute atomic E-state index is 0.0554. The maximum Gasteiger partial charge on any atom is 0.150 e. The number of aromatic amines is 1. The Bertz CT molecular complexity index is 498. The molecule has 0 saturated carbocycles. The second kappa shape index (κ2) is 4.99. The van der Waals surface area contributed by atoms with Gasteiger partial charge in [0.2, 0.25) is 0 Å². The lowest BCUT2D eigenvalue weighted by molar-refractivity contribution is 0.298. The second-order valence-corrected chi connectivity index (χ2v) is 4.61. The van der Waals surface area contributed by atoms with Gasteiger partial charge < -0.3 is 10.1 Å². The Morgan fingerprint density at radius 3 is 2.94 bits per heavy atom. The number of halogens is 2. The van der Waals surface area contributed by atoms with Crippen molar-refractivity contribution in [2.45, 2.75) is 6.42 Å². The van der Waals surface area contributed by atoms with Crippen molar-refractivity contribution in [3.8, 4) is 11.4 Å². The number of imidazole rings is 1. The summed E-state index contributed by atoms with van der Waals surface area (Å²) in [5.41, 5.74) is 1.72. The zero-order chi connectivity index (χ0) is 11.5. The SMILES string of the molecule is OCCc1[nH]c(-c2cccc(Br)c2)nc1Cl. The van der Waals surface area contributed by atoms with Gasteiger partial charge >= 0.3 is 0 Å². The van der Waals surface area contributed by atoms with Gasteiger partial charge in [-0.1, -0.05) is 39.7 Å². The van der Waals surface area contributed by atoms with Crippen LogP contribution in [0.3, 0.4) is 0 Å². The Morgan fingerprint density at radius 1 is 1.44 bits per heavy atom. The van der Waals surface area contributed by atoms with Crippen LogP contribution in [0, 0.1) is 0 Å². The molecule has 2 N–H and O–H groups in total. The first-order valence-corrected chi connectivity index (χ1v) is 5.99. The molecule has 0 aliphatic heterocycles. The first-order valence-electron chi connectivity index (χ1n) is 4.82. The van der Waals surface area contributed by atoms with Gasteiger partial charge in [0.1, 0.15) is 5.82 Å². The molecular weight excluding hydrogens is 291 g/mol. The molecular formula is C11H10BrClN2O.